The number of rotatable bonds is 8. The Morgan fingerprint density at radius 1 is 0.765 bits per heavy atom. The number of nitrogens with zero attached hydrogens (tertiary/aromatic N) is 1. The first-order valence-electron chi connectivity index (χ1n) is 12.1. The molecule has 5 heteroatoms. The van der Waals surface area contributed by atoms with E-state index >= 15 is 0 Å². The molecule has 0 radical (unpaired) electrons. The summed E-state index contributed by atoms with van der Waals surface area (Å²) < 4.78 is 2.29. The van der Waals surface area contributed by atoms with Crippen molar-refractivity contribution in [2.45, 2.75) is 53.0 Å². The zero-order chi connectivity index (χ0) is 24.2. The predicted octanol–water partition coefficient (Wildman–Crippen LogP) is 6.93. The minimum absolute atomic E-state index is 0.0688. The lowest BCUT2D eigenvalue weighted by Gasteiger charge is -2.13. The molecule has 1 atom stereocenters. The van der Waals surface area contributed by atoms with E-state index in [-0.39, 0.29) is 24.2 Å². The highest BCUT2D eigenvalue weighted by molar-refractivity contribution is 6.09. The Bertz CT molecular complexity index is 1320. The van der Waals surface area contributed by atoms with Crippen molar-refractivity contribution >= 4 is 45.0 Å². The molecule has 0 saturated carbocycles. The van der Waals surface area contributed by atoms with Crippen molar-refractivity contribution in [1.82, 2.24) is 4.57 Å². The van der Waals surface area contributed by atoms with Gasteiger partial charge >= 0.3 is 0 Å². The fourth-order valence-corrected chi connectivity index (χ4v) is 4.55. The molecule has 1 unspecified atom stereocenters. The molecule has 1 heterocycles. The summed E-state index contributed by atoms with van der Waals surface area (Å²) in [6.45, 7) is 9.24. The number of hydrogen-bond acceptors (Lipinski definition) is 2. The Morgan fingerprint density at radius 2 is 1.35 bits per heavy atom. The normalized spacial score (nSPS) is 12.3. The van der Waals surface area contributed by atoms with Crippen LogP contribution in [0.1, 0.15) is 52.0 Å². The van der Waals surface area contributed by atoms with Gasteiger partial charge in [0.1, 0.15) is 0 Å². The van der Waals surface area contributed by atoms with E-state index in [1.165, 1.54) is 16.5 Å². The van der Waals surface area contributed by atoms with Crippen LogP contribution >= 0.6 is 0 Å². The fourth-order valence-electron chi connectivity index (χ4n) is 4.55. The summed E-state index contributed by atoms with van der Waals surface area (Å²) >= 11 is 0. The first-order valence-corrected chi connectivity index (χ1v) is 12.1. The maximum Gasteiger partial charge on any atom is 0.224 e. The van der Waals surface area contributed by atoms with E-state index in [0.717, 1.165) is 28.8 Å². The van der Waals surface area contributed by atoms with Crippen LogP contribution in [-0.4, -0.2) is 16.4 Å². The average molecular weight is 456 g/mol. The molecule has 176 valence electrons. The fraction of sp³-hybridized carbons (Fsp3) is 0.310. The highest BCUT2D eigenvalue weighted by Gasteiger charge is 2.15. The van der Waals surface area contributed by atoms with E-state index in [1.54, 1.807) is 0 Å². The standard InChI is InChI=1S/C29H33N3O2/c1-5-32-26-9-7-6-8-24(26)25-18-23(14-15-27(25)32)31-29(34)17-20(4)16-28(33)30-22-12-10-21(11-13-22)19(2)3/h6-15,18-20H,5,16-17H2,1-4H3,(H,30,33)(H,31,34). The third-order valence-electron chi connectivity index (χ3n) is 6.30. The number of fused-ring (bicyclic) bond motifs is 3. The van der Waals surface area contributed by atoms with Crippen LogP contribution in [0.5, 0.6) is 0 Å². The quantitative estimate of drug-likeness (QED) is 0.302. The first kappa shape index (κ1) is 23.6. The molecule has 4 rings (SSSR count). The number of para-hydroxylation sites is 1. The van der Waals surface area contributed by atoms with Crippen LogP contribution < -0.4 is 10.6 Å². The molecule has 3 aromatic carbocycles. The number of benzene rings is 3. The monoisotopic (exact) mass is 455 g/mol. The average Bonchev–Trinajstić information content (AvgIpc) is 3.12. The maximum atomic E-state index is 12.7. The molecule has 5 nitrogen and oxygen atoms in total. The van der Waals surface area contributed by atoms with Crippen molar-refractivity contribution in [2.24, 2.45) is 5.92 Å². The third-order valence-corrected chi connectivity index (χ3v) is 6.30. The molecule has 0 aliphatic rings. The van der Waals surface area contributed by atoms with Crippen LogP contribution in [0.2, 0.25) is 0 Å². The van der Waals surface area contributed by atoms with Gasteiger partial charge in [0.2, 0.25) is 11.8 Å². The van der Waals surface area contributed by atoms with E-state index in [0.29, 0.717) is 12.3 Å². The Balaban J connectivity index is 1.36. The Morgan fingerprint density at radius 3 is 2.00 bits per heavy atom. The van der Waals surface area contributed by atoms with Crippen LogP contribution in [0.4, 0.5) is 11.4 Å². The summed E-state index contributed by atoms with van der Waals surface area (Å²) in [7, 11) is 0. The van der Waals surface area contributed by atoms with Crippen molar-refractivity contribution in [3.05, 3.63) is 72.3 Å². The summed E-state index contributed by atoms with van der Waals surface area (Å²) in [5.41, 5.74) is 5.15. The zero-order valence-corrected chi connectivity index (χ0v) is 20.4. The highest BCUT2D eigenvalue weighted by atomic mass is 16.2. The molecular weight excluding hydrogens is 422 g/mol. The first-order chi connectivity index (χ1) is 16.4. The molecule has 0 saturated heterocycles. The molecule has 1 aromatic heterocycles. The zero-order valence-electron chi connectivity index (χ0n) is 20.4. The van der Waals surface area contributed by atoms with Gasteiger partial charge in [-0.25, -0.2) is 0 Å². The Labute approximate surface area is 201 Å². The summed E-state index contributed by atoms with van der Waals surface area (Å²) in [5.74, 6) is 0.224. The molecule has 2 amide bonds. The minimum Gasteiger partial charge on any atom is -0.341 e. The molecule has 34 heavy (non-hydrogen) atoms. The SMILES string of the molecule is CCn1c2ccccc2c2cc(NC(=O)CC(C)CC(=O)Nc3ccc(C(C)C)cc3)ccc21. The number of anilines is 2. The number of hydrogen-bond donors (Lipinski definition) is 2. The van der Waals surface area contributed by atoms with Gasteiger partial charge in [0.15, 0.2) is 0 Å². The van der Waals surface area contributed by atoms with E-state index in [2.05, 4.69) is 54.2 Å². The number of carbonyl (C=O) groups excluding carboxylic acids is 2. The lowest BCUT2D eigenvalue weighted by molar-refractivity contribution is -0.118. The van der Waals surface area contributed by atoms with Gasteiger partial charge in [0.05, 0.1) is 0 Å². The molecule has 0 fully saturated rings. The predicted molar refractivity (Wildman–Crippen MR) is 141 cm³/mol. The van der Waals surface area contributed by atoms with Gasteiger partial charge in [-0.05, 0) is 60.7 Å². The van der Waals surface area contributed by atoms with Gasteiger partial charge in [0, 0.05) is 52.6 Å². The van der Waals surface area contributed by atoms with Crippen LogP contribution in [0.25, 0.3) is 21.8 Å². The number of carbonyl (C=O) groups is 2. The largest absolute Gasteiger partial charge is 0.341 e. The minimum atomic E-state index is -0.0832. The van der Waals surface area contributed by atoms with E-state index in [9.17, 15) is 9.59 Å². The second kappa shape index (κ2) is 10.1. The number of aromatic nitrogens is 1. The van der Waals surface area contributed by atoms with Crippen molar-refractivity contribution in [3.8, 4) is 0 Å². The lowest BCUT2D eigenvalue weighted by Crippen LogP contribution is -2.20. The van der Waals surface area contributed by atoms with Gasteiger partial charge in [-0.3, -0.25) is 9.59 Å². The maximum absolute atomic E-state index is 12.7. The van der Waals surface area contributed by atoms with Crippen molar-refractivity contribution in [3.63, 3.8) is 0 Å². The lowest BCUT2D eigenvalue weighted by atomic mass is 10.0. The summed E-state index contributed by atoms with van der Waals surface area (Å²) in [5, 5.41) is 8.26. The summed E-state index contributed by atoms with van der Waals surface area (Å²) in [4.78, 5) is 25.1. The van der Waals surface area contributed by atoms with Gasteiger partial charge < -0.3 is 15.2 Å². The molecular formula is C29H33N3O2. The van der Waals surface area contributed by atoms with Crippen LogP contribution in [0.15, 0.2) is 66.7 Å². The number of nitrogens with one attached hydrogen (secondary N) is 2. The molecule has 4 aromatic rings. The van der Waals surface area contributed by atoms with Gasteiger partial charge in [0.25, 0.3) is 0 Å². The molecule has 0 aliphatic carbocycles. The van der Waals surface area contributed by atoms with Crippen LogP contribution in [0.3, 0.4) is 0 Å². The van der Waals surface area contributed by atoms with E-state index in [1.807, 2.05) is 55.5 Å². The van der Waals surface area contributed by atoms with Gasteiger partial charge in [-0.2, -0.15) is 0 Å². The number of amides is 2. The molecule has 0 bridgehead atoms. The van der Waals surface area contributed by atoms with Crippen LogP contribution in [-0.2, 0) is 16.1 Å². The Hall–Kier alpha value is -3.60. The van der Waals surface area contributed by atoms with Crippen molar-refractivity contribution in [1.29, 1.82) is 0 Å². The molecule has 0 aliphatic heterocycles. The van der Waals surface area contributed by atoms with Gasteiger partial charge in [-0.1, -0.05) is 51.1 Å². The smallest absolute Gasteiger partial charge is 0.224 e. The Kier molecular flexibility index (Phi) is 7.01. The van der Waals surface area contributed by atoms with Crippen LogP contribution in [0, 0.1) is 5.92 Å². The van der Waals surface area contributed by atoms with Crippen molar-refractivity contribution < 1.29 is 9.59 Å². The molecule has 2 N–H and O–H groups in total. The summed E-state index contributed by atoms with van der Waals surface area (Å²) in [6, 6.07) is 22.3. The third kappa shape index (κ3) is 5.14. The van der Waals surface area contributed by atoms with E-state index in [4.69, 9.17) is 0 Å². The van der Waals surface area contributed by atoms with Gasteiger partial charge in [-0.15, -0.1) is 0 Å². The number of aryl methyl sites for hydroxylation is 1. The second-order valence-electron chi connectivity index (χ2n) is 9.38. The second-order valence-corrected chi connectivity index (χ2v) is 9.38. The van der Waals surface area contributed by atoms with Crippen molar-refractivity contribution in [2.75, 3.05) is 10.6 Å². The van der Waals surface area contributed by atoms with E-state index < -0.39 is 0 Å². The highest BCUT2D eigenvalue weighted by Crippen LogP contribution is 2.31. The molecule has 0 spiro atoms. The summed E-state index contributed by atoms with van der Waals surface area (Å²) in [6.07, 6.45) is 0.580. The topological polar surface area (TPSA) is 63.1 Å².